The molecular weight excluding hydrogens is 316 g/mol. The second-order valence-electron chi connectivity index (χ2n) is 4.23. The molecule has 1 atom stereocenters. The molecule has 1 N–H and O–H groups in total. The van der Waals surface area contributed by atoms with E-state index in [1.165, 1.54) is 0 Å². The van der Waals surface area contributed by atoms with E-state index >= 15 is 0 Å². The highest BCUT2D eigenvalue weighted by Gasteiger charge is 2.11. The number of rotatable bonds is 7. The van der Waals surface area contributed by atoms with E-state index in [1.807, 2.05) is 0 Å². The van der Waals surface area contributed by atoms with Gasteiger partial charge >= 0.3 is 0 Å². The van der Waals surface area contributed by atoms with Gasteiger partial charge in [0.15, 0.2) is 0 Å². The molecular formula is C13H18BrClN2O. The number of hydrogen-bond acceptors (Lipinski definition) is 2. The Bertz CT molecular complexity index is 381. The van der Waals surface area contributed by atoms with Gasteiger partial charge in [-0.2, -0.15) is 0 Å². The van der Waals surface area contributed by atoms with E-state index in [0.717, 1.165) is 23.7 Å². The van der Waals surface area contributed by atoms with Crippen LogP contribution in [0.3, 0.4) is 0 Å². The highest BCUT2D eigenvalue weighted by molar-refractivity contribution is 9.10. The monoisotopic (exact) mass is 332 g/mol. The number of nitrogens with zero attached hydrogens (tertiary/aromatic N) is 1. The van der Waals surface area contributed by atoms with Crippen molar-refractivity contribution in [2.75, 3.05) is 12.4 Å². The lowest BCUT2D eigenvalue weighted by Crippen LogP contribution is -2.29. The van der Waals surface area contributed by atoms with Crippen molar-refractivity contribution in [2.45, 2.75) is 26.2 Å². The summed E-state index contributed by atoms with van der Waals surface area (Å²) < 4.78 is 0.806. The Kier molecular flexibility index (Phi) is 7.28. The molecule has 0 saturated carbocycles. The third-order valence-electron chi connectivity index (χ3n) is 2.73. The van der Waals surface area contributed by atoms with Crippen LogP contribution in [0.4, 0.5) is 0 Å². The zero-order chi connectivity index (χ0) is 13.4. The van der Waals surface area contributed by atoms with E-state index in [0.29, 0.717) is 23.9 Å². The third kappa shape index (κ3) is 5.36. The molecule has 3 nitrogen and oxygen atoms in total. The Balaban J connectivity index is 2.49. The standard InChI is InChI=1S/C13H18BrClN2O/c1-2-3-10(4-5-15)7-17-13(18)11-6-12(14)9-16-8-11/h6,8-10H,2-5,7H2,1H3,(H,17,18). The van der Waals surface area contributed by atoms with Gasteiger partial charge in [0.1, 0.15) is 0 Å². The zero-order valence-electron chi connectivity index (χ0n) is 10.5. The molecule has 1 heterocycles. The van der Waals surface area contributed by atoms with E-state index in [-0.39, 0.29) is 5.91 Å². The van der Waals surface area contributed by atoms with Crippen molar-refractivity contribution in [3.05, 3.63) is 28.5 Å². The lowest BCUT2D eigenvalue weighted by molar-refractivity contribution is 0.0945. The van der Waals surface area contributed by atoms with Crippen LogP contribution in [0, 0.1) is 5.92 Å². The second kappa shape index (κ2) is 8.48. The number of carbonyl (C=O) groups is 1. The van der Waals surface area contributed by atoms with Gasteiger partial charge in [0.05, 0.1) is 5.56 Å². The first-order chi connectivity index (χ1) is 8.67. The van der Waals surface area contributed by atoms with E-state index in [9.17, 15) is 4.79 Å². The molecule has 0 aliphatic carbocycles. The van der Waals surface area contributed by atoms with Gasteiger partial charge in [0.2, 0.25) is 0 Å². The van der Waals surface area contributed by atoms with Crippen LogP contribution in [0.2, 0.25) is 0 Å². The summed E-state index contributed by atoms with van der Waals surface area (Å²) in [6.07, 6.45) is 6.35. The minimum absolute atomic E-state index is 0.0838. The summed E-state index contributed by atoms with van der Waals surface area (Å²) in [6, 6.07) is 1.76. The maximum Gasteiger partial charge on any atom is 0.252 e. The summed E-state index contributed by atoms with van der Waals surface area (Å²) in [5.41, 5.74) is 0.575. The van der Waals surface area contributed by atoms with Crippen LogP contribution in [-0.2, 0) is 0 Å². The van der Waals surface area contributed by atoms with E-state index in [1.54, 1.807) is 18.5 Å². The number of hydrogen-bond donors (Lipinski definition) is 1. The van der Waals surface area contributed by atoms with Gasteiger partial charge in [-0.1, -0.05) is 13.3 Å². The summed E-state index contributed by atoms with van der Waals surface area (Å²) >= 11 is 9.06. The van der Waals surface area contributed by atoms with Gasteiger partial charge in [-0.25, -0.2) is 0 Å². The molecule has 1 rings (SSSR count). The molecule has 0 radical (unpaired) electrons. The van der Waals surface area contributed by atoms with E-state index < -0.39 is 0 Å². The minimum Gasteiger partial charge on any atom is -0.352 e. The molecule has 1 aromatic heterocycles. The van der Waals surface area contributed by atoms with Crippen molar-refractivity contribution in [2.24, 2.45) is 5.92 Å². The second-order valence-corrected chi connectivity index (χ2v) is 5.53. The molecule has 0 bridgehead atoms. The smallest absolute Gasteiger partial charge is 0.252 e. The number of alkyl halides is 1. The van der Waals surface area contributed by atoms with E-state index in [2.05, 4.69) is 33.2 Å². The largest absolute Gasteiger partial charge is 0.352 e. The average molecular weight is 334 g/mol. The van der Waals surface area contributed by atoms with E-state index in [4.69, 9.17) is 11.6 Å². The maximum atomic E-state index is 11.9. The molecule has 18 heavy (non-hydrogen) atoms. The van der Waals surface area contributed by atoms with Crippen LogP contribution in [0.15, 0.2) is 22.9 Å². The van der Waals surface area contributed by atoms with Gasteiger partial charge in [-0.05, 0) is 40.8 Å². The topological polar surface area (TPSA) is 42.0 Å². The van der Waals surface area contributed by atoms with Crippen molar-refractivity contribution < 1.29 is 4.79 Å². The highest BCUT2D eigenvalue weighted by Crippen LogP contribution is 2.12. The van der Waals surface area contributed by atoms with Crippen LogP contribution >= 0.6 is 27.5 Å². The zero-order valence-corrected chi connectivity index (χ0v) is 12.8. The third-order valence-corrected chi connectivity index (χ3v) is 3.38. The fourth-order valence-electron chi connectivity index (χ4n) is 1.79. The number of carbonyl (C=O) groups excluding carboxylic acids is 1. The SMILES string of the molecule is CCCC(CCCl)CNC(=O)c1cncc(Br)c1. The van der Waals surface area contributed by atoms with Crippen LogP contribution in [-0.4, -0.2) is 23.3 Å². The fourth-order valence-corrected chi connectivity index (χ4v) is 2.46. The minimum atomic E-state index is -0.0838. The lowest BCUT2D eigenvalue weighted by Gasteiger charge is -2.15. The Labute approximate surface area is 121 Å². The first kappa shape index (κ1) is 15.4. The van der Waals surface area contributed by atoms with Gasteiger partial charge in [-0.3, -0.25) is 9.78 Å². The predicted molar refractivity (Wildman–Crippen MR) is 78.0 cm³/mol. The number of halogens is 2. The van der Waals surface area contributed by atoms with Crippen molar-refractivity contribution >= 4 is 33.4 Å². The predicted octanol–water partition coefficient (Wildman–Crippen LogP) is 3.62. The number of aromatic nitrogens is 1. The molecule has 0 aliphatic heterocycles. The first-order valence-corrected chi connectivity index (χ1v) is 7.44. The summed E-state index contributed by atoms with van der Waals surface area (Å²) in [5, 5.41) is 2.94. The normalized spacial score (nSPS) is 12.2. The Hall–Kier alpha value is -0.610. The van der Waals surface area contributed by atoms with Crippen LogP contribution in [0.1, 0.15) is 36.5 Å². The molecule has 5 heteroatoms. The van der Waals surface area contributed by atoms with Crippen molar-refractivity contribution in [1.29, 1.82) is 0 Å². The highest BCUT2D eigenvalue weighted by atomic mass is 79.9. The summed E-state index contributed by atoms with van der Waals surface area (Å²) in [6.45, 7) is 2.81. The van der Waals surface area contributed by atoms with Gasteiger partial charge < -0.3 is 5.32 Å². The van der Waals surface area contributed by atoms with Crippen molar-refractivity contribution in [3.63, 3.8) is 0 Å². The van der Waals surface area contributed by atoms with Gasteiger partial charge in [0, 0.05) is 29.3 Å². The number of pyridine rings is 1. The molecule has 100 valence electrons. The molecule has 1 unspecified atom stereocenters. The summed E-state index contributed by atoms with van der Waals surface area (Å²) in [7, 11) is 0. The Morgan fingerprint density at radius 1 is 1.50 bits per heavy atom. The van der Waals surface area contributed by atoms with Gasteiger partial charge in [0.25, 0.3) is 5.91 Å². The molecule has 0 aromatic carbocycles. The molecule has 0 spiro atoms. The summed E-state index contributed by atoms with van der Waals surface area (Å²) in [5.74, 6) is 1.01. The molecule has 0 saturated heterocycles. The quantitative estimate of drug-likeness (QED) is 0.774. The van der Waals surface area contributed by atoms with Crippen molar-refractivity contribution in [1.82, 2.24) is 10.3 Å². The summed E-state index contributed by atoms with van der Waals surface area (Å²) in [4.78, 5) is 15.9. The Morgan fingerprint density at radius 2 is 2.28 bits per heavy atom. The maximum absolute atomic E-state index is 11.9. The molecule has 1 aromatic rings. The van der Waals surface area contributed by atoms with Crippen LogP contribution in [0.25, 0.3) is 0 Å². The van der Waals surface area contributed by atoms with Crippen LogP contribution in [0.5, 0.6) is 0 Å². The Morgan fingerprint density at radius 3 is 2.89 bits per heavy atom. The first-order valence-electron chi connectivity index (χ1n) is 6.12. The molecule has 1 amide bonds. The van der Waals surface area contributed by atoms with Gasteiger partial charge in [-0.15, -0.1) is 11.6 Å². The molecule has 0 aliphatic rings. The fraction of sp³-hybridized carbons (Fsp3) is 0.538. The van der Waals surface area contributed by atoms with Crippen LogP contribution < -0.4 is 5.32 Å². The number of amides is 1. The van der Waals surface area contributed by atoms with Crippen molar-refractivity contribution in [3.8, 4) is 0 Å². The molecule has 0 fully saturated rings. The average Bonchev–Trinajstić information content (AvgIpc) is 2.36. The lowest BCUT2D eigenvalue weighted by atomic mass is 10.0. The number of nitrogens with one attached hydrogen (secondary N) is 1.